The van der Waals surface area contributed by atoms with Gasteiger partial charge in [-0.2, -0.15) is 8.42 Å². The van der Waals surface area contributed by atoms with Gasteiger partial charge in [-0.25, -0.2) is 14.7 Å². The standard InChI is InChI=1S/C27H33N5O3S/c1-17(2)19-9-11-20(12-10-19)22-14-13-21(25(29-22)32-16-15-18(3)27(32,4)5)26(33)31-36(34,35)24-8-6-7-23(28)30-24/h6-14,17-18H,15-16H2,1-5H3,(H2,28,30)(H,31,33). The van der Waals surface area contributed by atoms with Crippen molar-refractivity contribution in [3.8, 4) is 11.3 Å². The van der Waals surface area contributed by atoms with Gasteiger partial charge in [-0.3, -0.25) is 4.79 Å². The van der Waals surface area contributed by atoms with Crippen LogP contribution in [0.1, 0.15) is 62.9 Å². The molecule has 190 valence electrons. The number of nitrogens with one attached hydrogen (secondary N) is 1. The lowest BCUT2D eigenvalue weighted by Gasteiger charge is -2.36. The van der Waals surface area contributed by atoms with E-state index in [1.165, 1.54) is 23.8 Å². The number of sulfonamides is 1. The lowest BCUT2D eigenvalue weighted by atomic mass is 9.90. The molecule has 1 fully saturated rings. The monoisotopic (exact) mass is 507 g/mol. The van der Waals surface area contributed by atoms with Crippen LogP contribution in [-0.2, 0) is 10.0 Å². The van der Waals surface area contributed by atoms with Gasteiger partial charge in [-0.05, 0) is 61.9 Å². The number of amides is 1. The molecule has 3 N–H and O–H groups in total. The molecule has 0 bridgehead atoms. The highest BCUT2D eigenvalue weighted by Gasteiger charge is 2.41. The molecule has 4 rings (SSSR count). The maximum absolute atomic E-state index is 13.3. The van der Waals surface area contributed by atoms with Crippen LogP contribution in [0.5, 0.6) is 0 Å². The second kappa shape index (κ2) is 9.54. The van der Waals surface area contributed by atoms with Crippen molar-refractivity contribution in [1.82, 2.24) is 14.7 Å². The van der Waals surface area contributed by atoms with Gasteiger partial charge in [0.15, 0.2) is 5.03 Å². The van der Waals surface area contributed by atoms with Crippen LogP contribution in [0.25, 0.3) is 11.3 Å². The maximum atomic E-state index is 13.3. The largest absolute Gasteiger partial charge is 0.384 e. The average molecular weight is 508 g/mol. The normalized spacial score (nSPS) is 17.4. The van der Waals surface area contributed by atoms with Crippen LogP contribution < -0.4 is 15.4 Å². The molecule has 8 nitrogen and oxygen atoms in total. The van der Waals surface area contributed by atoms with Crippen LogP contribution in [0.4, 0.5) is 11.6 Å². The summed E-state index contributed by atoms with van der Waals surface area (Å²) in [5.74, 6) is 0.525. The summed E-state index contributed by atoms with van der Waals surface area (Å²) in [6.07, 6.45) is 0.939. The zero-order valence-electron chi connectivity index (χ0n) is 21.3. The number of pyridine rings is 2. The average Bonchev–Trinajstić information content (AvgIpc) is 3.10. The number of aromatic nitrogens is 2. The van der Waals surface area contributed by atoms with Crippen LogP contribution in [0.3, 0.4) is 0 Å². The third-order valence-electron chi connectivity index (χ3n) is 7.18. The molecular formula is C27H33N5O3S. The van der Waals surface area contributed by atoms with Crippen LogP contribution in [0.15, 0.2) is 59.6 Å². The number of nitrogens with zero attached hydrogens (tertiary/aromatic N) is 3. The van der Waals surface area contributed by atoms with Gasteiger partial charge in [-0.1, -0.05) is 51.1 Å². The lowest BCUT2D eigenvalue weighted by Crippen LogP contribution is -2.43. The molecule has 1 amide bonds. The molecule has 0 spiro atoms. The van der Waals surface area contributed by atoms with Crippen molar-refractivity contribution in [2.45, 2.75) is 57.5 Å². The smallest absolute Gasteiger partial charge is 0.281 e. The molecule has 0 radical (unpaired) electrons. The Hall–Kier alpha value is -3.46. The van der Waals surface area contributed by atoms with E-state index >= 15 is 0 Å². The van der Waals surface area contributed by atoms with Gasteiger partial charge in [0, 0.05) is 17.6 Å². The van der Waals surface area contributed by atoms with E-state index in [0.717, 1.165) is 12.0 Å². The Kier molecular flexibility index (Phi) is 6.79. The number of rotatable bonds is 6. The van der Waals surface area contributed by atoms with Crippen molar-refractivity contribution in [1.29, 1.82) is 0 Å². The second-order valence-electron chi connectivity index (χ2n) is 10.2. The molecule has 1 unspecified atom stereocenters. The fourth-order valence-electron chi connectivity index (χ4n) is 4.45. The topological polar surface area (TPSA) is 118 Å². The van der Waals surface area contributed by atoms with E-state index in [1.54, 1.807) is 12.1 Å². The Labute approximate surface area is 213 Å². The molecule has 2 aromatic heterocycles. The first-order valence-electron chi connectivity index (χ1n) is 12.1. The van der Waals surface area contributed by atoms with E-state index in [0.29, 0.717) is 29.9 Å². The summed E-state index contributed by atoms with van der Waals surface area (Å²) in [5, 5.41) is -0.317. The summed E-state index contributed by atoms with van der Waals surface area (Å²) in [4.78, 5) is 24.2. The quantitative estimate of drug-likeness (QED) is 0.501. The molecule has 3 aromatic rings. The Morgan fingerprint density at radius 3 is 2.36 bits per heavy atom. The number of carbonyl (C=O) groups is 1. The minimum absolute atomic E-state index is 0.0494. The molecule has 0 saturated carbocycles. The molecular weight excluding hydrogens is 474 g/mol. The second-order valence-corrected chi connectivity index (χ2v) is 11.8. The van der Waals surface area contributed by atoms with E-state index in [9.17, 15) is 13.2 Å². The highest BCUT2D eigenvalue weighted by atomic mass is 32.2. The molecule has 9 heteroatoms. The van der Waals surface area contributed by atoms with Gasteiger partial charge in [0.25, 0.3) is 15.9 Å². The molecule has 3 heterocycles. The minimum atomic E-state index is -4.22. The van der Waals surface area contributed by atoms with Gasteiger partial charge in [0.05, 0.1) is 11.3 Å². The Balaban J connectivity index is 1.76. The summed E-state index contributed by atoms with van der Waals surface area (Å²) in [5.41, 5.74) is 8.43. The maximum Gasteiger partial charge on any atom is 0.281 e. The Morgan fingerprint density at radius 2 is 1.78 bits per heavy atom. The van der Waals surface area contributed by atoms with Gasteiger partial charge in [0.2, 0.25) is 0 Å². The third-order valence-corrected chi connectivity index (χ3v) is 8.42. The fourth-order valence-corrected chi connectivity index (χ4v) is 5.39. The van der Waals surface area contributed by atoms with Gasteiger partial charge in [-0.15, -0.1) is 0 Å². The number of benzene rings is 1. The van der Waals surface area contributed by atoms with Crippen molar-refractivity contribution in [2.24, 2.45) is 5.92 Å². The molecule has 1 aliphatic heterocycles. The third kappa shape index (κ3) is 4.93. The van der Waals surface area contributed by atoms with E-state index in [1.807, 2.05) is 12.1 Å². The first-order chi connectivity index (χ1) is 16.9. The lowest BCUT2D eigenvalue weighted by molar-refractivity contribution is 0.0981. The molecule has 1 aromatic carbocycles. The number of nitrogen functional groups attached to an aromatic ring is 1. The summed E-state index contributed by atoms with van der Waals surface area (Å²) >= 11 is 0. The number of hydrogen-bond donors (Lipinski definition) is 2. The van der Waals surface area contributed by atoms with E-state index in [-0.39, 0.29) is 21.9 Å². The summed E-state index contributed by atoms with van der Waals surface area (Å²) in [6, 6.07) is 15.8. The van der Waals surface area contributed by atoms with Crippen LogP contribution in [0.2, 0.25) is 0 Å². The van der Waals surface area contributed by atoms with Gasteiger partial charge >= 0.3 is 0 Å². The zero-order chi connectivity index (χ0) is 26.3. The highest BCUT2D eigenvalue weighted by Crippen LogP contribution is 2.39. The van der Waals surface area contributed by atoms with Gasteiger partial charge in [0.1, 0.15) is 11.6 Å². The molecule has 0 aliphatic carbocycles. The van der Waals surface area contributed by atoms with Crippen LogP contribution in [-0.4, -0.2) is 36.4 Å². The number of anilines is 2. The van der Waals surface area contributed by atoms with Crippen molar-refractivity contribution >= 4 is 27.6 Å². The predicted molar refractivity (Wildman–Crippen MR) is 142 cm³/mol. The van der Waals surface area contributed by atoms with Crippen LogP contribution in [0, 0.1) is 5.92 Å². The SMILES string of the molecule is CC(C)c1ccc(-c2ccc(C(=O)NS(=O)(=O)c3cccc(N)n3)c(N3CCC(C)C3(C)C)n2)cc1. The molecule has 1 aliphatic rings. The van der Waals surface area contributed by atoms with Crippen molar-refractivity contribution in [3.63, 3.8) is 0 Å². The summed E-state index contributed by atoms with van der Waals surface area (Å²) in [7, 11) is -4.22. The summed E-state index contributed by atoms with van der Waals surface area (Å²) < 4.78 is 27.9. The Bertz CT molecular complexity index is 1380. The Morgan fingerprint density at radius 1 is 1.08 bits per heavy atom. The van der Waals surface area contributed by atoms with Gasteiger partial charge < -0.3 is 10.6 Å². The number of carbonyl (C=O) groups excluding carboxylic acids is 1. The van der Waals surface area contributed by atoms with Crippen LogP contribution >= 0.6 is 0 Å². The fraction of sp³-hybridized carbons (Fsp3) is 0.370. The predicted octanol–water partition coefficient (Wildman–Crippen LogP) is 4.59. The first-order valence-corrected chi connectivity index (χ1v) is 13.6. The molecule has 1 saturated heterocycles. The zero-order valence-corrected chi connectivity index (χ0v) is 22.1. The number of nitrogens with two attached hydrogens (primary N) is 1. The van der Waals surface area contributed by atoms with Crippen molar-refractivity contribution in [2.75, 3.05) is 17.2 Å². The number of hydrogen-bond acceptors (Lipinski definition) is 7. The first kappa shape index (κ1) is 25.6. The molecule has 36 heavy (non-hydrogen) atoms. The summed E-state index contributed by atoms with van der Waals surface area (Å²) in [6.45, 7) is 11.4. The van der Waals surface area contributed by atoms with E-state index in [2.05, 4.69) is 61.4 Å². The van der Waals surface area contributed by atoms with E-state index in [4.69, 9.17) is 10.7 Å². The minimum Gasteiger partial charge on any atom is -0.384 e. The van der Waals surface area contributed by atoms with Crippen molar-refractivity contribution < 1.29 is 13.2 Å². The van der Waals surface area contributed by atoms with Crippen molar-refractivity contribution in [3.05, 3.63) is 65.7 Å². The molecule has 1 atom stereocenters. The van der Waals surface area contributed by atoms with E-state index < -0.39 is 15.9 Å². The highest BCUT2D eigenvalue weighted by molar-refractivity contribution is 7.90.